The summed E-state index contributed by atoms with van der Waals surface area (Å²) in [6, 6.07) is 6.09. The molecule has 2 aliphatic rings. The lowest BCUT2D eigenvalue weighted by Crippen LogP contribution is -2.34. The van der Waals surface area contributed by atoms with Crippen molar-refractivity contribution in [2.75, 3.05) is 13.1 Å². The smallest absolute Gasteiger partial charge is 0.0328 e. The van der Waals surface area contributed by atoms with E-state index in [1.165, 1.54) is 42.1 Å². The highest BCUT2D eigenvalue weighted by atomic mass is 35.5. The molecule has 0 saturated carbocycles. The average molecular weight is 309 g/mol. The molecule has 104 valence electrons. The van der Waals surface area contributed by atoms with Crippen molar-refractivity contribution in [3.8, 4) is 0 Å². The van der Waals surface area contributed by atoms with Gasteiger partial charge in [-0.3, -0.25) is 4.90 Å². The molecule has 2 bridgehead atoms. The lowest BCUT2D eigenvalue weighted by atomic mass is 10.1. The molecule has 1 aromatic heterocycles. The molecule has 3 rings (SSSR count). The Kier molecular flexibility index (Phi) is 6.42. The average Bonchev–Trinajstić information content (AvgIpc) is 2.77. The Hall–Kier alpha value is 0.200. The van der Waals surface area contributed by atoms with E-state index in [1.807, 2.05) is 11.3 Å². The van der Waals surface area contributed by atoms with Crippen molar-refractivity contribution in [3.05, 3.63) is 21.9 Å². The fraction of sp³-hybridized carbons (Fsp3) is 0.692. The zero-order valence-electron chi connectivity index (χ0n) is 10.7. The summed E-state index contributed by atoms with van der Waals surface area (Å²) in [5.41, 5.74) is 0. The van der Waals surface area contributed by atoms with Gasteiger partial charge in [-0.05, 0) is 38.3 Å². The monoisotopic (exact) mass is 308 g/mol. The molecule has 0 spiro atoms. The Labute approximate surface area is 126 Å². The van der Waals surface area contributed by atoms with Gasteiger partial charge in [-0.15, -0.1) is 36.2 Å². The van der Waals surface area contributed by atoms with Gasteiger partial charge in [0.15, 0.2) is 0 Å². The predicted octanol–water partition coefficient (Wildman–Crippen LogP) is 3.23. The molecule has 2 fully saturated rings. The molecule has 0 radical (unpaired) electrons. The van der Waals surface area contributed by atoms with E-state index in [-0.39, 0.29) is 24.8 Å². The van der Waals surface area contributed by atoms with E-state index in [0.717, 1.165) is 18.6 Å². The molecule has 2 atom stereocenters. The Morgan fingerprint density at radius 3 is 2.72 bits per heavy atom. The largest absolute Gasteiger partial charge is 0.310 e. The molecular weight excluding hydrogens is 287 g/mol. The summed E-state index contributed by atoms with van der Waals surface area (Å²) in [5.74, 6) is 0. The van der Waals surface area contributed by atoms with E-state index >= 15 is 0 Å². The quantitative estimate of drug-likeness (QED) is 0.902. The number of rotatable bonds is 2. The molecule has 1 N–H and O–H groups in total. The standard InChI is InChI=1S/C13H20N2S.2ClH/c1-10-2-5-13(16-10)9-15-7-6-11-3-4-12(8-15)14-11;;/h2,5,11-12,14H,3-4,6-9H2,1H3;2*1H/t11-,12+;;/m1../s1. The first kappa shape index (κ1) is 16.3. The van der Waals surface area contributed by atoms with Crippen molar-refractivity contribution >= 4 is 36.2 Å². The Morgan fingerprint density at radius 1 is 1.22 bits per heavy atom. The van der Waals surface area contributed by atoms with Crippen LogP contribution in [-0.2, 0) is 6.54 Å². The van der Waals surface area contributed by atoms with Crippen LogP contribution in [0.4, 0.5) is 0 Å². The predicted molar refractivity (Wildman–Crippen MR) is 83.4 cm³/mol. The lowest BCUT2D eigenvalue weighted by Gasteiger charge is -2.23. The van der Waals surface area contributed by atoms with Crippen LogP contribution in [0.25, 0.3) is 0 Å². The molecular formula is C13H22Cl2N2S. The molecule has 5 heteroatoms. The third-order valence-corrected chi connectivity index (χ3v) is 4.77. The van der Waals surface area contributed by atoms with Crippen LogP contribution in [0.5, 0.6) is 0 Å². The first-order valence-electron chi connectivity index (χ1n) is 6.33. The molecule has 2 nitrogen and oxygen atoms in total. The van der Waals surface area contributed by atoms with Gasteiger partial charge in [-0.2, -0.15) is 0 Å². The highest BCUT2D eigenvalue weighted by molar-refractivity contribution is 7.11. The van der Waals surface area contributed by atoms with E-state index in [0.29, 0.717) is 0 Å². The Bertz CT molecular complexity index is 370. The molecule has 0 amide bonds. The van der Waals surface area contributed by atoms with Gasteiger partial charge in [-0.25, -0.2) is 0 Å². The van der Waals surface area contributed by atoms with E-state index in [4.69, 9.17) is 0 Å². The van der Waals surface area contributed by atoms with Crippen LogP contribution in [-0.4, -0.2) is 30.1 Å². The molecule has 2 saturated heterocycles. The molecule has 0 aromatic carbocycles. The van der Waals surface area contributed by atoms with E-state index in [1.54, 1.807) is 0 Å². The minimum absolute atomic E-state index is 0. The second-order valence-corrected chi connectivity index (χ2v) is 6.55. The van der Waals surface area contributed by atoms with Crippen LogP contribution in [0.1, 0.15) is 29.0 Å². The van der Waals surface area contributed by atoms with Crippen molar-refractivity contribution < 1.29 is 0 Å². The van der Waals surface area contributed by atoms with Crippen molar-refractivity contribution in [2.45, 2.75) is 44.8 Å². The van der Waals surface area contributed by atoms with Gasteiger partial charge in [0.2, 0.25) is 0 Å². The summed E-state index contributed by atoms with van der Waals surface area (Å²) in [4.78, 5) is 5.59. The summed E-state index contributed by atoms with van der Waals surface area (Å²) in [6.45, 7) is 5.86. The highest BCUT2D eigenvalue weighted by Gasteiger charge is 2.29. The molecule has 0 unspecified atom stereocenters. The summed E-state index contributed by atoms with van der Waals surface area (Å²) in [6.07, 6.45) is 4.11. The van der Waals surface area contributed by atoms with Gasteiger partial charge >= 0.3 is 0 Å². The SMILES string of the molecule is Cc1ccc(CN2CC[C@H]3CC[C@@H](C2)N3)s1.Cl.Cl. The van der Waals surface area contributed by atoms with Crippen LogP contribution in [0, 0.1) is 6.92 Å². The van der Waals surface area contributed by atoms with Crippen LogP contribution in [0.15, 0.2) is 12.1 Å². The number of halogens is 2. The highest BCUT2D eigenvalue weighted by Crippen LogP contribution is 2.23. The van der Waals surface area contributed by atoms with Crippen molar-refractivity contribution in [2.24, 2.45) is 0 Å². The number of nitrogens with one attached hydrogen (secondary N) is 1. The topological polar surface area (TPSA) is 15.3 Å². The maximum Gasteiger partial charge on any atom is 0.0328 e. The molecule has 18 heavy (non-hydrogen) atoms. The van der Waals surface area contributed by atoms with Gasteiger partial charge in [0.25, 0.3) is 0 Å². The van der Waals surface area contributed by atoms with E-state index in [9.17, 15) is 0 Å². The number of hydrogen-bond acceptors (Lipinski definition) is 3. The van der Waals surface area contributed by atoms with Gasteiger partial charge in [0.05, 0.1) is 0 Å². The first-order chi connectivity index (χ1) is 7.79. The fourth-order valence-electron chi connectivity index (χ4n) is 2.95. The van der Waals surface area contributed by atoms with Gasteiger partial charge in [0, 0.05) is 41.5 Å². The van der Waals surface area contributed by atoms with Crippen LogP contribution < -0.4 is 5.32 Å². The van der Waals surface area contributed by atoms with Crippen molar-refractivity contribution in [3.63, 3.8) is 0 Å². The zero-order chi connectivity index (χ0) is 11.0. The van der Waals surface area contributed by atoms with Crippen LogP contribution in [0.2, 0.25) is 0 Å². The minimum Gasteiger partial charge on any atom is -0.310 e. The second-order valence-electron chi connectivity index (χ2n) is 5.17. The summed E-state index contributed by atoms with van der Waals surface area (Å²) in [5, 5.41) is 3.74. The van der Waals surface area contributed by atoms with E-state index in [2.05, 4.69) is 29.3 Å². The summed E-state index contributed by atoms with van der Waals surface area (Å²) >= 11 is 1.95. The van der Waals surface area contributed by atoms with Crippen molar-refractivity contribution in [1.82, 2.24) is 10.2 Å². The van der Waals surface area contributed by atoms with Crippen LogP contribution in [0.3, 0.4) is 0 Å². The summed E-state index contributed by atoms with van der Waals surface area (Å²) in [7, 11) is 0. The Balaban J connectivity index is 0.000000810. The van der Waals surface area contributed by atoms with Crippen molar-refractivity contribution in [1.29, 1.82) is 0 Å². The normalized spacial score (nSPS) is 27.2. The second kappa shape index (κ2) is 7.11. The maximum atomic E-state index is 3.74. The lowest BCUT2D eigenvalue weighted by molar-refractivity contribution is 0.253. The van der Waals surface area contributed by atoms with Gasteiger partial charge < -0.3 is 5.32 Å². The molecule has 2 aliphatic heterocycles. The third kappa shape index (κ3) is 3.84. The van der Waals surface area contributed by atoms with Gasteiger partial charge in [-0.1, -0.05) is 0 Å². The van der Waals surface area contributed by atoms with E-state index < -0.39 is 0 Å². The number of fused-ring (bicyclic) bond motifs is 2. The third-order valence-electron chi connectivity index (χ3n) is 3.78. The van der Waals surface area contributed by atoms with Gasteiger partial charge in [0.1, 0.15) is 0 Å². The molecule has 1 aromatic rings. The Morgan fingerprint density at radius 2 is 2.00 bits per heavy atom. The maximum absolute atomic E-state index is 3.74. The zero-order valence-corrected chi connectivity index (χ0v) is 13.2. The minimum atomic E-state index is 0. The number of hydrogen-bond donors (Lipinski definition) is 1. The summed E-state index contributed by atoms with van der Waals surface area (Å²) < 4.78 is 0. The van der Waals surface area contributed by atoms with Crippen LogP contribution >= 0.6 is 36.2 Å². The molecule has 3 heterocycles. The number of aryl methyl sites for hydroxylation is 1. The fourth-order valence-corrected chi connectivity index (χ4v) is 3.88. The number of thiophene rings is 1. The molecule has 0 aliphatic carbocycles. The number of nitrogens with zero attached hydrogens (tertiary/aromatic N) is 1. The first-order valence-corrected chi connectivity index (χ1v) is 7.15. The number of likely N-dealkylation sites (tertiary alicyclic amines) is 1.